The Morgan fingerprint density at radius 2 is 2.14 bits per heavy atom. The van der Waals surface area contributed by atoms with E-state index in [-0.39, 0.29) is 22.8 Å². The summed E-state index contributed by atoms with van der Waals surface area (Å²) in [5, 5.41) is 8.80. The highest BCUT2D eigenvalue weighted by atomic mass is 32.2. The minimum absolute atomic E-state index is 0.0846. The summed E-state index contributed by atoms with van der Waals surface area (Å²) in [6.45, 7) is 1.48. The fourth-order valence-corrected chi connectivity index (χ4v) is 6.40. The van der Waals surface area contributed by atoms with Gasteiger partial charge in [-0.15, -0.1) is 0 Å². The summed E-state index contributed by atoms with van der Waals surface area (Å²) in [5.74, 6) is -1.54. The van der Waals surface area contributed by atoms with Crippen LogP contribution in [0.15, 0.2) is 4.99 Å². The molecule has 2 aliphatic heterocycles. The van der Waals surface area contributed by atoms with Crippen molar-refractivity contribution in [3.63, 3.8) is 0 Å². The van der Waals surface area contributed by atoms with Gasteiger partial charge in [-0.1, -0.05) is 11.8 Å². The number of amides is 1. The van der Waals surface area contributed by atoms with Crippen LogP contribution in [0.2, 0.25) is 0 Å². The van der Waals surface area contributed by atoms with Crippen LogP contribution in [0.1, 0.15) is 6.92 Å². The van der Waals surface area contributed by atoms with Crippen LogP contribution in [0.5, 0.6) is 0 Å². The van der Waals surface area contributed by atoms with Crippen LogP contribution in [0.4, 0.5) is 0 Å². The average Bonchev–Trinajstić information content (AvgIpc) is 2.79. The summed E-state index contributed by atoms with van der Waals surface area (Å²) in [6, 6.07) is -0.142. The topological polar surface area (TPSA) is 113 Å². The molecule has 2 rings (SSSR count). The molecule has 0 unspecified atom stereocenters. The van der Waals surface area contributed by atoms with Gasteiger partial charge in [-0.2, -0.15) is 4.99 Å². The third kappa shape index (κ3) is 3.95. The standard InChI is InChI=1S/C11H16N2O6S2/c1-2-13-7-5-21(17,18)6-8(7)20-11(13)12-9(14)3-19-4-10(15)16/h7-8H,2-6H2,1H3,(H,15,16)/t7-,8-/m1/s1. The Morgan fingerprint density at radius 1 is 1.43 bits per heavy atom. The maximum atomic E-state index is 11.6. The second-order valence-corrected chi connectivity index (χ2v) is 8.12. The van der Waals surface area contributed by atoms with Gasteiger partial charge in [-0.05, 0) is 6.92 Å². The van der Waals surface area contributed by atoms with E-state index >= 15 is 0 Å². The van der Waals surface area contributed by atoms with Crippen molar-refractivity contribution in [1.82, 2.24) is 4.90 Å². The molecule has 1 amide bonds. The predicted octanol–water partition coefficient (Wildman–Crippen LogP) is -0.795. The van der Waals surface area contributed by atoms with Crippen molar-refractivity contribution in [1.29, 1.82) is 0 Å². The van der Waals surface area contributed by atoms with Gasteiger partial charge in [0.1, 0.15) is 13.2 Å². The van der Waals surface area contributed by atoms with Gasteiger partial charge in [0.05, 0.1) is 17.5 Å². The van der Waals surface area contributed by atoms with Crippen molar-refractivity contribution in [2.24, 2.45) is 4.99 Å². The molecule has 2 heterocycles. The van der Waals surface area contributed by atoms with E-state index in [4.69, 9.17) is 5.11 Å². The van der Waals surface area contributed by atoms with Gasteiger partial charge in [0.2, 0.25) is 0 Å². The molecule has 0 aromatic carbocycles. The number of ether oxygens (including phenoxy) is 1. The summed E-state index contributed by atoms with van der Waals surface area (Å²) >= 11 is 1.29. The molecule has 0 radical (unpaired) electrons. The molecule has 2 saturated heterocycles. The van der Waals surface area contributed by atoms with Gasteiger partial charge in [0.25, 0.3) is 5.91 Å². The number of thioether (sulfide) groups is 1. The zero-order valence-corrected chi connectivity index (χ0v) is 13.0. The zero-order chi connectivity index (χ0) is 15.6. The lowest BCUT2D eigenvalue weighted by atomic mass is 10.2. The van der Waals surface area contributed by atoms with E-state index in [0.717, 1.165) is 0 Å². The van der Waals surface area contributed by atoms with Gasteiger partial charge in [-0.3, -0.25) is 4.79 Å². The highest BCUT2D eigenvalue weighted by molar-refractivity contribution is 8.15. The van der Waals surface area contributed by atoms with Crippen LogP contribution in [0, 0.1) is 0 Å². The molecule has 0 aliphatic carbocycles. The van der Waals surface area contributed by atoms with Crippen molar-refractivity contribution < 1.29 is 27.9 Å². The van der Waals surface area contributed by atoms with Gasteiger partial charge >= 0.3 is 5.97 Å². The zero-order valence-electron chi connectivity index (χ0n) is 11.4. The number of carbonyl (C=O) groups excluding carboxylic acids is 1. The second-order valence-electron chi connectivity index (χ2n) is 4.76. The number of aliphatic carboxylic acids is 1. The van der Waals surface area contributed by atoms with Crippen LogP contribution in [0.25, 0.3) is 0 Å². The van der Waals surface area contributed by atoms with Crippen molar-refractivity contribution >= 4 is 38.6 Å². The number of sulfone groups is 1. The molecule has 0 aromatic rings. The van der Waals surface area contributed by atoms with E-state index in [1.165, 1.54) is 11.8 Å². The summed E-state index contributed by atoms with van der Waals surface area (Å²) in [6.07, 6.45) is 0. The molecule has 1 N–H and O–H groups in total. The average molecular weight is 336 g/mol. The molecular formula is C11H16N2O6S2. The Hall–Kier alpha value is -1.13. The number of hydrogen-bond donors (Lipinski definition) is 1. The quantitative estimate of drug-likeness (QED) is 0.694. The molecule has 10 heteroatoms. The van der Waals surface area contributed by atoms with Crippen LogP contribution in [-0.4, -0.2) is 78.0 Å². The van der Waals surface area contributed by atoms with Crippen molar-refractivity contribution in [2.75, 3.05) is 31.3 Å². The molecule has 0 aromatic heterocycles. The largest absolute Gasteiger partial charge is 0.480 e. The molecule has 2 fully saturated rings. The Morgan fingerprint density at radius 3 is 2.76 bits per heavy atom. The van der Waals surface area contributed by atoms with E-state index in [0.29, 0.717) is 11.7 Å². The fraction of sp³-hybridized carbons (Fsp3) is 0.727. The van der Waals surface area contributed by atoms with E-state index in [2.05, 4.69) is 9.73 Å². The lowest BCUT2D eigenvalue weighted by Gasteiger charge is -2.22. The number of rotatable bonds is 5. The molecule has 21 heavy (non-hydrogen) atoms. The number of hydrogen-bond acceptors (Lipinski definition) is 6. The predicted molar refractivity (Wildman–Crippen MR) is 77.1 cm³/mol. The molecule has 2 aliphatic rings. The van der Waals surface area contributed by atoms with E-state index in [1.54, 1.807) is 0 Å². The van der Waals surface area contributed by atoms with Crippen molar-refractivity contribution in [3.05, 3.63) is 0 Å². The molecule has 2 atom stereocenters. The van der Waals surface area contributed by atoms with Crippen LogP contribution >= 0.6 is 11.8 Å². The lowest BCUT2D eigenvalue weighted by Crippen LogP contribution is -2.37. The first-order valence-corrected chi connectivity index (χ1v) is 9.07. The normalized spacial score (nSPS) is 28.8. The minimum atomic E-state index is -3.02. The fourth-order valence-electron chi connectivity index (χ4n) is 2.37. The maximum Gasteiger partial charge on any atom is 0.329 e. The number of carboxylic acids is 1. The summed E-state index contributed by atoms with van der Waals surface area (Å²) in [4.78, 5) is 27.6. The van der Waals surface area contributed by atoms with Crippen molar-refractivity contribution in [2.45, 2.75) is 18.2 Å². The highest BCUT2D eigenvalue weighted by Crippen LogP contribution is 2.37. The van der Waals surface area contributed by atoms with E-state index < -0.39 is 34.9 Å². The highest BCUT2D eigenvalue weighted by Gasteiger charge is 2.48. The van der Waals surface area contributed by atoms with Gasteiger partial charge in [-0.25, -0.2) is 13.2 Å². The maximum absolute atomic E-state index is 11.6. The second kappa shape index (κ2) is 6.32. The summed E-state index contributed by atoms with van der Waals surface area (Å²) in [7, 11) is -3.02. The summed E-state index contributed by atoms with van der Waals surface area (Å²) in [5.41, 5.74) is 0. The van der Waals surface area contributed by atoms with Crippen LogP contribution in [0.3, 0.4) is 0 Å². The number of carboxylic acid groups (broad SMARTS) is 1. The molecule has 0 saturated carbocycles. The minimum Gasteiger partial charge on any atom is -0.480 e. The van der Waals surface area contributed by atoms with E-state index in [9.17, 15) is 18.0 Å². The third-order valence-corrected chi connectivity index (χ3v) is 6.43. The molecule has 8 nitrogen and oxygen atoms in total. The lowest BCUT2D eigenvalue weighted by molar-refractivity contribution is -0.143. The number of aliphatic imine (C=N–C) groups is 1. The molecule has 0 spiro atoms. The van der Waals surface area contributed by atoms with Crippen LogP contribution in [-0.2, 0) is 24.2 Å². The van der Waals surface area contributed by atoms with Crippen molar-refractivity contribution in [3.8, 4) is 0 Å². The SMILES string of the molecule is CCN1C(=NC(=O)COCC(=O)O)S[C@@H]2CS(=O)(=O)C[C@H]21. The number of nitrogens with zero attached hydrogens (tertiary/aromatic N) is 2. The molecule has 118 valence electrons. The Balaban J connectivity index is 1.99. The monoisotopic (exact) mass is 336 g/mol. The Labute approximate surface area is 126 Å². The number of fused-ring (bicyclic) bond motifs is 1. The van der Waals surface area contributed by atoms with Crippen LogP contribution < -0.4 is 0 Å². The Kier molecular flexibility index (Phi) is 4.89. The Bertz CT molecular complexity index is 573. The first kappa shape index (κ1) is 16.2. The first-order chi connectivity index (χ1) is 9.82. The summed E-state index contributed by atoms with van der Waals surface area (Å²) < 4.78 is 27.9. The van der Waals surface area contributed by atoms with Gasteiger partial charge in [0.15, 0.2) is 15.0 Å². The smallest absolute Gasteiger partial charge is 0.329 e. The van der Waals surface area contributed by atoms with Gasteiger partial charge in [0, 0.05) is 11.8 Å². The van der Waals surface area contributed by atoms with Gasteiger partial charge < -0.3 is 14.7 Å². The molecule has 0 bridgehead atoms. The first-order valence-electron chi connectivity index (χ1n) is 6.37. The van der Waals surface area contributed by atoms with E-state index in [1.807, 2.05) is 11.8 Å². The number of amidine groups is 1. The third-order valence-electron chi connectivity index (χ3n) is 3.19. The number of carbonyl (C=O) groups is 2. The molecular weight excluding hydrogens is 320 g/mol.